The van der Waals surface area contributed by atoms with Gasteiger partial charge in [0.15, 0.2) is 11.5 Å². The molecule has 6 nitrogen and oxygen atoms in total. The minimum Gasteiger partial charge on any atom is -0.504 e. The van der Waals surface area contributed by atoms with Crippen LogP contribution in [0.15, 0.2) is 30.4 Å². The number of hydrogen-bond acceptors (Lipinski definition) is 6. The molecular weight excluding hydrogens is 300 g/mol. The van der Waals surface area contributed by atoms with Crippen LogP contribution in [0, 0.1) is 0 Å². The molecule has 1 saturated heterocycles. The Kier molecular flexibility index (Phi) is 4.45. The molecule has 1 aromatic rings. The molecule has 1 aliphatic rings. The Morgan fingerprint density at radius 3 is 2.39 bits per heavy atom. The lowest BCUT2D eigenvalue weighted by molar-refractivity contribution is -0.222. The summed E-state index contributed by atoms with van der Waals surface area (Å²) in [6, 6.07) is 3.28. The lowest BCUT2D eigenvalue weighted by Crippen LogP contribution is -2.41. The highest BCUT2D eigenvalue weighted by molar-refractivity contribution is 6.19. The van der Waals surface area contributed by atoms with Crippen molar-refractivity contribution in [1.29, 1.82) is 0 Å². The molecule has 1 aromatic carbocycles. The molecule has 0 aliphatic carbocycles. The van der Waals surface area contributed by atoms with Crippen molar-refractivity contribution in [1.82, 2.24) is 0 Å². The Morgan fingerprint density at radius 1 is 1.26 bits per heavy atom. The van der Waals surface area contributed by atoms with Gasteiger partial charge in [-0.2, -0.15) is 0 Å². The van der Waals surface area contributed by atoms with Gasteiger partial charge in [-0.1, -0.05) is 6.08 Å². The normalized spacial score (nSPS) is 16.4. The molecular formula is C17H18O6. The summed E-state index contributed by atoms with van der Waals surface area (Å²) in [5.41, 5.74) is 0.765. The van der Waals surface area contributed by atoms with E-state index in [0.717, 1.165) is 5.56 Å². The molecule has 1 aliphatic heterocycles. The summed E-state index contributed by atoms with van der Waals surface area (Å²) in [4.78, 5) is 24.0. The van der Waals surface area contributed by atoms with Crippen molar-refractivity contribution in [3.8, 4) is 11.5 Å². The first-order valence-corrected chi connectivity index (χ1v) is 6.96. The number of rotatable bonds is 4. The number of carbonyl (C=O) groups is 2. The van der Waals surface area contributed by atoms with Gasteiger partial charge >= 0.3 is 11.9 Å². The fourth-order valence-electron chi connectivity index (χ4n) is 2.17. The summed E-state index contributed by atoms with van der Waals surface area (Å²) in [7, 11) is 1.41. The number of phenolic OH excluding ortho intramolecular Hbond substituents is 1. The van der Waals surface area contributed by atoms with E-state index in [9.17, 15) is 14.7 Å². The predicted octanol–water partition coefficient (Wildman–Crippen LogP) is 2.35. The number of ether oxygens (including phenoxy) is 3. The van der Waals surface area contributed by atoms with Crippen LogP contribution in [0.25, 0.3) is 6.08 Å². The number of carbonyl (C=O) groups excluding carboxylic acids is 2. The molecule has 0 unspecified atom stereocenters. The van der Waals surface area contributed by atoms with Crippen molar-refractivity contribution in [2.75, 3.05) is 7.11 Å². The highest BCUT2D eigenvalue weighted by Crippen LogP contribution is 2.34. The number of cyclic esters (lactones) is 2. The van der Waals surface area contributed by atoms with Gasteiger partial charge in [0.05, 0.1) is 7.11 Å². The van der Waals surface area contributed by atoms with Gasteiger partial charge in [-0.05, 0) is 30.2 Å². The Labute approximate surface area is 134 Å². The molecule has 1 N–H and O–H groups in total. The molecule has 122 valence electrons. The maximum Gasteiger partial charge on any atom is 0.348 e. The number of phenols is 1. The number of hydrogen-bond donors (Lipinski definition) is 1. The van der Waals surface area contributed by atoms with Gasteiger partial charge in [0, 0.05) is 19.4 Å². The molecule has 1 heterocycles. The highest BCUT2D eigenvalue weighted by atomic mass is 16.7. The van der Waals surface area contributed by atoms with E-state index in [1.165, 1.54) is 27.0 Å². The van der Waals surface area contributed by atoms with E-state index in [1.54, 1.807) is 18.2 Å². The van der Waals surface area contributed by atoms with Crippen molar-refractivity contribution in [2.45, 2.75) is 26.1 Å². The lowest BCUT2D eigenvalue weighted by atomic mass is 10.0. The van der Waals surface area contributed by atoms with E-state index in [4.69, 9.17) is 14.2 Å². The second kappa shape index (κ2) is 6.16. The van der Waals surface area contributed by atoms with E-state index in [-0.39, 0.29) is 22.6 Å². The summed E-state index contributed by atoms with van der Waals surface area (Å²) in [6.45, 7) is 6.58. The quantitative estimate of drug-likeness (QED) is 0.397. The second-order valence-corrected chi connectivity index (χ2v) is 5.47. The van der Waals surface area contributed by atoms with Crippen LogP contribution in [0.4, 0.5) is 0 Å². The zero-order valence-corrected chi connectivity index (χ0v) is 13.2. The molecule has 23 heavy (non-hydrogen) atoms. The van der Waals surface area contributed by atoms with Crippen molar-refractivity contribution < 1.29 is 28.9 Å². The van der Waals surface area contributed by atoms with Gasteiger partial charge in [-0.3, -0.25) is 0 Å². The topological polar surface area (TPSA) is 82.1 Å². The van der Waals surface area contributed by atoms with Gasteiger partial charge in [-0.25, -0.2) is 9.59 Å². The number of methoxy groups -OCH3 is 1. The molecule has 0 spiro atoms. The second-order valence-electron chi connectivity index (χ2n) is 5.47. The zero-order valence-electron chi connectivity index (χ0n) is 13.2. The molecule has 0 radical (unpaired) electrons. The van der Waals surface area contributed by atoms with Crippen LogP contribution < -0.4 is 4.74 Å². The van der Waals surface area contributed by atoms with E-state index in [0.29, 0.717) is 6.42 Å². The van der Waals surface area contributed by atoms with Crippen LogP contribution in [0.5, 0.6) is 11.5 Å². The van der Waals surface area contributed by atoms with Crippen molar-refractivity contribution >= 4 is 18.0 Å². The maximum absolute atomic E-state index is 12.0. The van der Waals surface area contributed by atoms with E-state index in [2.05, 4.69) is 6.58 Å². The van der Waals surface area contributed by atoms with Gasteiger partial charge < -0.3 is 19.3 Å². The largest absolute Gasteiger partial charge is 0.504 e. The van der Waals surface area contributed by atoms with Gasteiger partial charge in [0.25, 0.3) is 5.79 Å². The van der Waals surface area contributed by atoms with Crippen LogP contribution in [-0.4, -0.2) is 29.9 Å². The first-order chi connectivity index (χ1) is 10.8. The summed E-state index contributed by atoms with van der Waals surface area (Å²) in [5.74, 6) is -2.87. The first kappa shape index (κ1) is 16.6. The van der Waals surface area contributed by atoms with Gasteiger partial charge in [-0.15, -0.1) is 6.58 Å². The molecule has 2 rings (SSSR count). The molecule has 0 aromatic heterocycles. The standard InChI is InChI=1S/C17H18O6/c1-5-6-10-7-11(14(18)13(8-10)21-4)9-12-15(19)22-17(2,3)23-16(12)20/h5,7-9,18H,1,6H2,2-4H3. The molecule has 6 heteroatoms. The number of aromatic hydroxyl groups is 1. The number of benzene rings is 1. The summed E-state index contributed by atoms with van der Waals surface area (Å²) < 4.78 is 15.2. The predicted molar refractivity (Wildman–Crippen MR) is 82.8 cm³/mol. The summed E-state index contributed by atoms with van der Waals surface area (Å²) in [6.07, 6.45) is 3.45. The molecule has 0 atom stereocenters. The smallest absolute Gasteiger partial charge is 0.348 e. The molecule has 0 bridgehead atoms. The van der Waals surface area contributed by atoms with Crippen molar-refractivity contribution in [3.63, 3.8) is 0 Å². The van der Waals surface area contributed by atoms with Crippen LogP contribution in [0.3, 0.4) is 0 Å². The van der Waals surface area contributed by atoms with Crippen molar-refractivity contribution in [3.05, 3.63) is 41.5 Å². The SMILES string of the molecule is C=CCc1cc(C=C2C(=O)OC(C)(C)OC2=O)c(O)c(OC)c1. The highest BCUT2D eigenvalue weighted by Gasteiger charge is 2.39. The third kappa shape index (κ3) is 3.53. The summed E-state index contributed by atoms with van der Waals surface area (Å²) in [5, 5.41) is 10.2. The number of esters is 2. The minimum absolute atomic E-state index is 0.182. The monoisotopic (exact) mass is 318 g/mol. The fourth-order valence-corrected chi connectivity index (χ4v) is 2.17. The lowest BCUT2D eigenvalue weighted by Gasteiger charge is -2.29. The maximum atomic E-state index is 12.0. The molecule has 0 amide bonds. The van der Waals surface area contributed by atoms with Gasteiger partial charge in [0.2, 0.25) is 0 Å². The van der Waals surface area contributed by atoms with E-state index in [1.807, 2.05) is 0 Å². The number of allylic oxidation sites excluding steroid dienone is 1. The first-order valence-electron chi connectivity index (χ1n) is 6.96. The van der Waals surface area contributed by atoms with E-state index < -0.39 is 17.7 Å². The Morgan fingerprint density at radius 2 is 1.87 bits per heavy atom. The average molecular weight is 318 g/mol. The Bertz CT molecular complexity index is 677. The minimum atomic E-state index is -1.31. The van der Waals surface area contributed by atoms with Gasteiger partial charge in [0.1, 0.15) is 5.57 Å². The summed E-state index contributed by atoms with van der Waals surface area (Å²) >= 11 is 0. The molecule has 1 fully saturated rings. The van der Waals surface area contributed by atoms with Crippen LogP contribution in [0.2, 0.25) is 0 Å². The van der Waals surface area contributed by atoms with Crippen LogP contribution >= 0.6 is 0 Å². The zero-order chi connectivity index (χ0) is 17.2. The van der Waals surface area contributed by atoms with Crippen molar-refractivity contribution in [2.24, 2.45) is 0 Å². The third-order valence-corrected chi connectivity index (χ3v) is 3.18. The van der Waals surface area contributed by atoms with E-state index >= 15 is 0 Å². The Hall–Kier alpha value is -2.76. The molecule has 0 saturated carbocycles. The Balaban J connectivity index is 2.49. The fraction of sp³-hybridized carbons (Fsp3) is 0.294. The van der Waals surface area contributed by atoms with Crippen LogP contribution in [0.1, 0.15) is 25.0 Å². The van der Waals surface area contributed by atoms with Crippen LogP contribution in [-0.2, 0) is 25.5 Å². The average Bonchev–Trinajstić information content (AvgIpc) is 2.44. The third-order valence-electron chi connectivity index (χ3n) is 3.18.